The first kappa shape index (κ1) is 20.2. The van der Waals surface area contributed by atoms with Crippen LogP contribution in [0.15, 0.2) is 52.3 Å². The zero-order valence-corrected chi connectivity index (χ0v) is 18.8. The van der Waals surface area contributed by atoms with Crippen molar-refractivity contribution >= 4 is 75.4 Å². The fourth-order valence-corrected chi connectivity index (χ4v) is 7.01. The fourth-order valence-electron chi connectivity index (χ4n) is 3.96. The molecule has 3 heterocycles. The smallest absolute Gasteiger partial charge is 0.305 e. The number of nitrogens with zero attached hydrogens (tertiary/aromatic N) is 1. The SMILES string of the molecule is O=C1[C@H]2[C@H](c3cccc(Cl)c3Cl)c3sc(=O)[nH]c3S[C@H]2C(=O)N1c1ccc(Cl)cc1. The van der Waals surface area contributed by atoms with Crippen molar-refractivity contribution in [1.29, 1.82) is 0 Å². The summed E-state index contributed by atoms with van der Waals surface area (Å²) in [5.74, 6) is -1.95. The Hall–Kier alpha value is -1.77. The van der Waals surface area contributed by atoms with Crippen molar-refractivity contribution in [2.45, 2.75) is 16.2 Å². The number of rotatable bonds is 2. The summed E-state index contributed by atoms with van der Waals surface area (Å²) in [6.45, 7) is 0. The number of hydrogen-bond donors (Lipinski definition) is 1. The molecule has 0 saturated carbocycles. The average Bonchev–Trinajstić information content (AvgIpc) is 3.20. The molecule has 1 aromatic heterocycles. The van der Waals surface area contributed by atoms with E-state index in [4.69, 9.17) is 34.8 Å². The molecule has 2 aliphatic heterocycles. The van der Waals surface area contributed by atoms with Gasteiger partial charge in [0.05, 0.1) is 26.7 Å². The van der Waals surface area contributed by atoms with Crippen molar-refractivity contribution in [1.82, 2.24) is 4.98 Å². The number of hydrogen-bond acceptors (Lipinski definition) is 5. The summed E-state index contributed by atoms with van der Waals surface area (Å²) >= 11 is 20.9. The van der Waals surface area contributed by atoms with E-state index in [0.717, 1.165) is 11.3 Å². The third-order valence-corrected chi connectivity index (χ3v) is 8.71. The van der Waals surface area contributed by atoms with Crippen molar-refractivity contribution in [3.05, 3.63) is 77.6 Å². The number of carbonyl (C=O) groups excluding carboxylic acids is 2. The topological polar surface area (TPSA) is 70.2 Å². The number of amides is 2. The Bertz CT molecular complexity index is 1250. The summed E-state index contributed by atoms with van der Waals surface area (Å²) in [5.41, 5.74) is 1.08. The summed E-state index contributed by atoms with van der Waals surface area (Å²) < 4.78 is 0. The van der Waals surface area contributed by atoms with Crippen LogP contribution in [0, 0.1) is 5.92 Å². The second-order valence-electron chi connectivity index (χ2n) is 6.88. The van der Waals surface area contributed by atoms with E-state index in [-0.39, 0.29) is 16.7 Å². The summed E-state index contributed by atoms with van der Waals surface area (Å²) in [7, 11) is 0. The molecule has 152 valence electrons. The number of thiazole rings is 1. The van der Waals surface area contributed by atoms with Crippen LogP contribution in [0.4, 0.5) is 5.69 Å². The molecule has 5 rings (SSSR count). The van der Waals surface area contributed by atoms with Crippen molar-refractivity contribution in [2.24, 2.45) is 5.92 Å². The molecule has 3 aromatic rings. The summed E-state index contributed by atoms with van der Waals surface area (Å²) in [4.78, 5) is 43.3. The van der Waals surface area contributed by atoms with Gasteiger partial charge in [-0.1, -0.05) is 70.0 Å². The van der Waals surface area contributed by atoms with Crippen molar-refractivity contribution in [3.8, 4) is 0 Å². The minimum absolute atomic E-state index is 0.245. The maximum absolute atomic E-state index is 13.5. The molecule has 0 aliphatic carbocycles. The zero-order chi connectivity index (χ0) is 21.2. The largest absolute Gasteiger partial charge is 0.307 e. The van der Waals surface area contributed by atoms with Gasteiger partial charge in [0.1, 0.15) is 5.25 Å². The molecule has 2 aromatic carbocycles. The first-order chi connectivity index (χ1) is 14.4. The highest BCUT2D eigenvalue weighted by Gasteiger charge is 2.56. The standard InChI is InChI=1S/C20H11Cl3N2O3S2/c21-8-4-6-9(7-5-8)25-18(26)13-12(10-2-1-3-11(22)14(10)23)15-17(24-20(28)30-15)29-16(13)19(25)27/h1-7,12-13,16H,(H,24,28)/t12-,13-,16+/m0/s1. The lowest BCUT2D eigenvalue weighted by Crippen LogP contribution is -2.32. The number of H-pyrrole nitrogens is 1. The lowest BCUT2D eigenvalue weighted by Gasteiger charge is -2.30. The van der Waals surface area contributed by atoms with E-state index in [1.54, 1.807) is 42.5 Å². The Morgan fingerprint density at radius 3 is 2.40 bits per heavy atom. The molecular formula is C20H11Cl3N2O3S2. The Balaban J connectivity index is 1.68. The maximum Gasteiger partial charge on any atom is 0.305 e. The number of aromatic amines is 1. The molecule has 0 spiro atoms. The van der Waals surface area contributed by atoms with Gasteiger partial charge in [-0.25, -0.2) is 4.90 Å². The molecule has 2 amide bonds. The normalized spacial score (nSPS) is 22.9. The number of benzene rings is 2. The van der Waals surface area contributed by atoms with Gasteiger partial charge >= 0.3 is 4.87 Å². The molecule has 5 nitrogen and oxygen atoms in total. The number of thioether (sulfide) groups is 1. The van der Waals surface area contributed by atoms with Crippen LogP contribution < -0.4 is 9.77 Å². The summed E-state index contributed by atoms with van der Waals surface area (Å²) in [6, 6.07) is 11.7. The fraction of sp³-hybridized carbons (Fsp3) is 0.150. The van der Waals surface area contributed by atoms with Gasteiger partial charge in [-0.2, -0.15) is 0 Å². The molecule has 1 N–H and O–H groups in total. The van der Waals surface area contributed by atoms with Crippen LogP contribution in [0.5, 0.6) is 0 Å². The Kier molecular flexibility index (Phi) is 4.99. The van der Waals surface area contributed by atoms with Gasteiger partial charge in [0.15, 0.2) is 0 Å². The Labute approximate surface area is 193 Å². The molecule has 0 unspecified atom stereocenters. The van der Waals surface area contributed by atoms with Crippen LogP contribution in [0.2, 0.25) is 15.1 Å². The average molecular weight is 498 g/mol. The van der Waals surface area contributed by atoms with Crippen molar-refractivity contribution in [3.63, 3.8) is 0 Å². The Morgan fingerprint density at radius 2 is 1.67 bits per heavy atom. The highest BCUT2D eigenvalue weighted by atomic mass is 35.5. The summed E-state index contributed by atoms with van der Waals surface area (Å²) in [5, 5.41) is 1.07. The molecule has 0 bridgehead atoms. The summed E-state index contributed by atoms with van der Waals surface area (Å²) in [6.07, 6.45) is 0. The van der Waals surface area contributed by atoms with Gasteiger partial charge in [-0.05, 0) is 35.9 Å². The van der Waals surface area contributed by atoms with Gasteiger partial charge in [0.2, 0.25) is 11.8 Å². The maximum atomic E-state index is 13.5. The van der Waals surface area contributed by atoms with E-state index in [2.05, 4.69) is 4.98 Å². The molecular weight excluding hydrogens is 487 g/mol. The second-order valence-corrected chi connectivity index (χ2v) is 10.3. The number of anilines is 1. The molecule has 10 heteroatoms. The van der Waals surface area contributed by atoms with Gasteiger partial charge in [0, 0.05) is 15.8 Å². The van der Waals surface area contributed by atoms with Gasteiger partial charge in [0.25, 0.3) is 0 Å². The number of carbonyl (C=O) groups is 2. The van der Waals surface area contributed by atoms with E-state index in [1.807, 2.05) is 0 Å². The number of aromatic nitrogens is 1. The van der Waals surface area contributed by atoms with Crippen LogP contribution in [0.3, 0.4) is 0 Å². The lowest BCUT2D eigenvalue weighted by atomic mass is 9.83. The quantitative estimate of drug-likeness (QED) is 0.495. The third kappa shape index (κ3) is 3.03. The van der Waals surface area contributed by atoms with Crippen molar-refractivity contribution in [2.75, 3.05) is 4.90 Å². The number of fused-ring (bicyclic) bond motifs is 2. The number of halogens is 3. The lowest BCUT2D eigenvalue weighted by molar-refractivity contribution is -0.122. The van der Waals surface area contributed by atoms with Crippen molar-refractivity contribution < 1.29 is 9.59 Å². The minimum atomic E-state index is -0.715. The predicted molar refractivity (Wildman–Crippen MR) is 120 cm³/mol. The number of nitrogens with one attached hydrogen (secondary N) is 1. The molecule has 0 radical (unpaired) electrons. The minimum Gasteiger partial charge on any atom is -0.307 e. The third-order valence-electron chi connectivity index (χ3n) is 5.23. The predicted octanol–water partition coefficient (Wildman–Crippen LogP) is 5.19. The zero-order valence-electron chi connectivity index (χ0n) is 14.9. The molecule has 1 fully saturated rings. The van der Waals surface area contributed by atoms with E-state index in [0.29, 0.717) is 36.2 Å². The highest BCUT2D eigenvalue weighted by Crippen LogP contribution is 2.54. The van der Waals surface area contributed by atoms with E-state index in [1.165, 1.54) is 16.7 Å². The van der Waals surface area contributed by atoms with Crippen LogP contribution in [0.25, 0.3) is 0 Å². The first-order valence-electron chi connectivity index (χ1n) is 8.83. The van der Waals surface area contributed by atoms with E-state index >= 15 is 0 Å². The van der Waals surface area contributed by atoms with Gasteiger partial charge < -0.3 is 4.98 Å². The monoisotopic (exact) mass is 496 g/mol. The van der Waals surface area contributed by atoms with Gasteiger partial charge in [-0.3, -0.25) is 14.4 Å². The molecule has 1 saturated heterocycles. The van der Waals surface area contributed by atoms with E-state index in [9.17, 15) is 14.4 Å². The second kappa shape index (κ2) is 7.43. The highest BCUT2D eigenvalue weighted by molar-refractivity contribution is 8.00. The van der Waals surface area contributed by atoms with E-state index < -0.39 is 17.1 Å². The molecule has 30 heavy (non-hydrogen) atoms. The molecule has 2 aliphatic rings. The molecule has 3 atom stereocenters. The number of imide groups is 1. The first-order valence-corrected chi connectivity index (χ1v) is 11.7. The van der Waals surface area contributed by atoms with Crippen LogP contribution in [-0.4, -0.2) is 22.0 Å². The van der Waals surface area contributed by atoms with Crippen LogP contribution >= 0.6 is 57.9 Å². The van der Waals surface area contributed by atoms with Gasteiger partial charge in [-0.15, -0.1) is 0 Å². The van der Waals surface area contributed by atoms with Crippen LogP contribution in [0.1, 0.15) is 16.4 Å². The van der Waals surface area contributed by atoms with Crippen LogP contribution in [-0.2, 0) is 9.59 Å². The Morgan fingerprint density at radius 1 is 0.933 bits per heavy atom.